The molecule has 21 heavy (non-hydrogen) atoms. The predicted molar refractivity (Wildman–Crippen MR) is 85.0 cm³/mol. The first-order valence-corrected chi connectivity index (χ1v) is 7.76. The molecule has 4 nitrogen and oxygen atoms in total. The number of hydrogen-bond donors (Lipinski definition) is 1. The van der Waals surface area contributed by atoms with Gasteiger partial charge in [0.25, 0.3) is 0 Å². The first-order valence-electron chi connectivity index (χ1n) is 7.76. The molecule has 1 aromatic carbocycles. The zero-order chi connectivity index (χ0) is 15.0. The normalized spacial score (nSPS) is 18.6. The van der Waals surface area contributed by atoms with Crippen molar-refractivity contribution in [1.82, 2.24) is 20.1 Å². The largest absolute Gasteiger partial charge is 0.308 e. The number of nitrogens with one attached hydrogen (secondary N) is 1. The molecule has 0 spiro atoms. The fourth-order valence-corrected chi connectivity index (χ4v) is 2.96. The molecule has 0 bridgehead atoms. The summed E-state index contributed by atoms with van der Waals surface area (Å²) < 4.78 is 2.27. The van der Waals surface area contributed by atoms with Crippen molar-refractivity contribution in [3.63, 3.8) is 0 Å². The van der Waals surface area contributed by atoms with Gasteiger partial charge >= 0.3 is 0 Å². The molecule has 112 valence electrons. The highest BCUT2D eigenvalue weighted by atomic mass is 15.3. The number of aryl methyl sites for hydroxylation is 1. The van der Waals surface area contributed by atoms with Crippen molar-refractivity contribution >= 4 is 0 Å². The van der Waals surface area contributed by atoms with Crippen molar-refractivity contribution in [1.29, 1.82) is 0 Å². The second kappa shape index (κ2) is 5.26. The van der Waals surface area contributed by atoms with E-state index in [1.54, 1.807) is 0 Å². The van der Waals surface area contributed by atoms with Crippen molar-refractivity contribution in [2.45, 2.75) is 46.7 Å². The summed E-state index contributed by atoms with van der Waals surface area (Å²) in [6.45, 7) is 10.8. The average molecular weight is 284 g/mol. The lowest BCUT2D eigenvalue weighted by atomic mass is 9.85. The Balaban J connectivity index is 2.00. The highest BCUT2D eigenvalue weighted by molar-refractivity contribution is 5.56. The number of benzene rings is 1. The van der Waals surface area contributed by atoms with Crippen molar-refractivity contribution < 1.29 is 0 Å². The smallest absolute Gasteiger partial charge is 0.164 e. The van der Waals surface area contributed by atoms with Gasteiger partial charge in [-0.2, -0.15) is 0 Å². The van der Waals surface area contributed by atoms with Crippen molar-refractivity contribution in [2.24, 2.45) is 5.41 Å². The summed E-state index contributed by atoms with van der Waals surface area (Å²) in [5.74, 6) is 2.05. The van der Waals surface area contributed by atoms with Crippen LogP contribution in [-0.4, -0.2) is 21.3 Å². The topological polar surface area (TPSA) is 42.7 Å². The van der Waals surface area contributed by atoms with E-state index in [1.807, 2.05) is 0 Å². The lowest BCUT2D eigenvalue weighted by Gasteiger charge is -2.34. The molecule has 2 heterocycles. The quantitative estimate of drug-likeness (QED) is 0.921. The SMILES string of the molecule is CCc1ccc(-c2nnc3n2CCNC3C(C)(C)C)cc1. The van der Waals surface area contributed by atoms with E-state index in [4.69, 9.17) is 0 Å². The summed E-state index contributed by atoms with van der Waals surface area (Å²) >= 11 is 0. The van der Waals surface area contributed by atoms with Crippen LogP contribution in [0.5, 0.6) is 0 Å². The van der Waals surface area contributed by atoms with Gasteiger partial charge in [0, 0.05) is 18.7 Å². The fraction of sp³-hybridized carbons (Fsp3) is 0.529. The van der Waals surface area contributed by atoms with Gasteiger partial charge in [-0.05, 0) is 17.4 Å². The third kappa shape index (κ3) is 2.60. The van der Waals surface area contributed by atoms with Gasteiger partial charge in [0.1, 0.15) is 0 Å². The summed E-state index contributed by atoms with van der Waals surface area (Å²) in [6.07, 6.45) is 1.06. The molecule has 0 saturated carbocycles. The second-order valence-corrected chi connectivity index (χ2v) is 6.84. The molecule has 1 N–H and O–H groups in total. The Morgan fingerprint density at radius 2 is 1.90 bits per heavy atom. The van der Waals surface area contributed by atoms with Crippen LogP contribution in [0.2, 0.25) is 0 Å². The summed E-state index contributed by atoms with van der Waals surface area (Å²) in [7, 11) is 0. The molecule has 0 amide bonds. The lowest BCUT2D eigenvalue weighted by molar-refractivity contribution is 0.234. The van der Waals surface area contributed by atoms with Crippen molar-refractivity contribution in [3.05, 3.63) is 35.7 Å². The van der Waals surface area contributed by atoms with Gasteiger partial charge in [-0.15, -0.1) is 10.2 Å². The molecule has 0 fully saturated rings. The van der Waals surface area contributed by atoms with E-state index < -0.39 is 0 Å². The highest BCUT2D eigenvalue weighted by Gasteiger charge is 2.33. The summed E-state index contributed by atoms with van der Waals surface area (Å²) in [6, 6.07) is 8.93. The summed E-state index contributed by atoms with van der Waals surface area (Å²) in [5, 5.41) is 12.5. The molecule has 0 saturated heterocycles. The maximum atomic E-state index is 4.47. The minimum atomic E-state index is 0.133. The highest BCUT2D eigenvalue weighted by Crippen LogP contribution is 2.35. The zero-order valence-electron chi connectivity index (χ0n) is 13.3. The molecule has 1 aliphatic heterocycles. The number of aromatic nitrogens is 3. The van der Waals surface area contributed by atoms with Crippen LogP contribution in [0.15, 0.2) is 24.3 Å². The Morgan fingerprint density at radius 3 is 2.52 bits per heavy atom. The average Bonchev–Trinajstić information content (AvgIpc) is 2.90. The molecule has 0 aliphatic carbocycles. The molecular weight excluding hydrogens is 260 g/mol. The Morgan fingerprint density at radius 1 is 1.19 bits per heavy atom. The van der Waals surface area contributed by atoms with Crippen LogP contribution in [0.4, 0.5) is 0 Å². The Bertz CT molecular complexity index is 619. The Kier molecular flexibility index (Phi) is 3.57. The molecule has 1 aromatic heterocycles. The minimum absolute atomic E-state index is 0.133. The Labute approximate surface area is 126 Å². The van der Waals surface area contributed by atoms with E-state index >= 15 is 0 Å². The predicted octanol–water partition coefficient (Wildman–Crippen LogP) is 3.20. The maximum absolute atomic E-state index is 4.47. The summed E-state index contributed by atoms with van der Waals surface area (Å²) in [5.41, 5.74) is 2.64. The van der Waals surface area contributed by atoms with Gasteiger partial charge in [0.05, 0.1) is 6.04 Å². The standard InChI is InChI=1S/C17H24N4/c1-5-12-6-8-13(9-7-12)15-19-20-16-14(17(2,3)4)18-10-11-21(15)16/h6-9,14,18H,5,10-11H2,1-4H3. The second-order valence-electron chi connectivity index (χ2n) is 6.84. The third-order valence-corrected chi connectivity index (χ3v) is 4.21. The van der Waals surface area contributed by atoms with E-state index in [0.29, 0.717) is 0 Å². The van der Waals surface area contributed by atoms with Gasteiger partial charge in [-0.1, -0.05) is 52.0 Å². The Hall–Kier alpha value is -1.68. The van der Waals surface area contributed by atoms with Gasteiger partial charge in [0.15, 0.2) is 11.6 Å². The maximum Gasteiger partial charge on any atom is 0.164 e. The zero-order valence-corrected chi connectivity index (χ0v) is 13.3. The molecule has 1 atom stereocenters. The third-order valence-electron chi connectivity index (χ3n) is 4.21. The molecule has 3 rings (SSSR count). The van der Waals surface area contributed by atoms with Crippen LogP contribution in [-0.2, 0) is 13.0 Å². The van der Waals surface area contributed by atoms with E-state index in [2.05, 4.69) is 72.0 Å². The van der Waals surface area contributed by atoms with Crippen LogP contribution in [0.1, 0.15) is 45.1 Å². The minimum Gasteiger partial charge on any atom is -0.308 e. The van der Waals surface area contributed by atoms with Gasteiger partial charge in [-0.3, -0.25) is 0 Å². The number of rotatable bonds is 2. The monoisotopic (exact) mass is 284 g/mol. The van der Waals surface area contributed by atoms with Crippen LogP contribution >= 0.6 is 0 Å². The fourth-order valence-electron chi connectivity index (χ4n) is 2.96. The van der Waals surface area contributed by atoms with E-state index in [9.17, 15) is 0 Å². The van der Waals surface area contributed by atoms with Crippen LogP contribution in [0, 0.1) is 5.41 Å². The molecule has 4 heteroatoms. The van der Waals surface area contributed by atoms with Gasteiger partial charge in [-0.25, -0.2) is 0 Å². The van der Waals surface area contributed by atoms with E-state index in [1.165, 1.54) is 5.56 Å². The number of nitrogens with zero attached hydrogens (tertiary/aromatic N) is 3. The van der Waals surface area contributed by atoms with Crippen molar-refractivity contribution in [3.8, 4) is 11.4 Å². The molecule has 2 aromatic rings. The molecular formula is C17H24N4. The lowest BCUT2D eigenvalue weighted by Crippen LogP contribution is -2.40. The van der Waals surface area contributed by atoms with Crippen LogP contribution < -0.4 is 5.32 Å². The molecule has 1 unspecified atom stereocenters. The first kappa shape index (κ1) is 14.3. The van der Waals surface area contributed by atoms with E-state index in [0.717, 1.165) is 36.7 Å². The van der Waals surface area contributed by atoms with Crippen molar-refractivity contribution in [2.75, 3.05) is 6.54 Å². The molecule has 1 aliphatic rings. The first-order chi connectivity index (χ1) is 10.0. The molecule has 0 radical (unpaired) electrons. The van der Waals surface area contributed by atoms with Gasteiger partial charge in [0.2, 0.25) is 0 Å². The van der Waals surface area contributed by atoms with Crippen LogP contribution in [0.3, 0.4) is 0 Å². The summed E-state index contributed by atoms with van der Waals surface area (Å²) in [4.78, 5) is 0. The number of hydrogen-bond acceptors (Lipinski definition) is 3. The van der Waals surface area contributed by atoms with Crippen LogP contribution in [0.25, 0.3) is 11.4 Å². The van der Waals surface area contributed by atoms with E-state index in [-0.39, 0.29) is 11.5 Å². The number of fused-ring (bicyclic) bond motifs is 1. The van der Waals surface area contributed by atoms with Gasteiger partial charge < -0.3 is 9.88 Å².